The van der Waals surface area contributed by atoms with E-state index in [-0.39, 0.29) is 5.78 Å². The van der Waals surface area contributed by atoms with E-state index in [9.17, 15) is 14.0 Å². The molecular formula is C22H18FN4O2+. The summed E-state index contributed by atoms with van der Waals surface area (Å²) in [6, 6.07) is 15.9. The molecule has 0 aliphatic heterocycles. The van der Waals surface area contributed by atoms with E-state index in [0.29, 0.717) is 28.1 Å². The lowest BCUT2D eigenvalue weighted by atomic mass is 9.89. The first kappa shape index (κ1) is 19.9. The molecule has 1 amide bonds. The van der Waals surface area contributed by atoms with Gasteiger partial charge in [0.15, 0.2) is 10.8 Å². The van der Waals surface area contributed by atoms with Crippen LogP contribution >= 0.6 is 0 Å². The van der Waals surface area contributed by atoms with E-state index < -0.39 is 17.6 Å². The van der Waals surface area contributed by atoms with Gasteiger partial charge in [-0.25, -0.2) is 4.39 Å². The van der Waals surface area contributed by atoms with Gasteiger partial charge in [0.1, 0.15) is 11.6 Å². The maximum absolute atomic E-state index is 12.9. The Labute approximate surface area is 166 Å². The fourth-order valence-electron chi connectivity index (χ4n) is 2.89. The summed E-state index contributed by atoms with van der Waals surface area (Å²) in [4.78, 5) is 32.6. The number of carbonyl (C=O) groups is 2. The Morgan fingerprint density at radius 1 is 1.07 bits per heavy atom. The highest BCUT2D eigenvalue weighted by Gasteiger charge is 2.23. The van der Waals surface area contributed by atoms with Crippen LogP contribution in [0.1, 0.15) is 40.0 Å². The van der Waals surface area contributed by atoms with Crippen LogP contribution in [0.5, 0.6) is 0 Å². The Morgan fingerprint density at radius 3 is 2.48 bits per heavy atom. The SMILES string of the molecule is CC(=O)C(c1ccc(C)c(C(=O)N=[N+]=Nc2ccc(F)cc2)c1)c1ccccn1. The summed E-state index contributed by atoms with van der Waals surface area (Å²) in [6.07, 6.45) is 1.62. The molecule has 2 aromatic carbocycles. The third-order valence-corrected chi connectivity index (χ3v) is 4.34. The van der Waals surface area contributed by atoms with Crippen LogP contribution in [0.4, 0.5) is 10.1 Å². The van der Waals surface area contributed by atoms with Crippen LogP contribution in [0.3, 0.4) is 0 Å². The van der Waals surface area contributed by atoms with Crippen LogP contribution in [0.2, 0.25) is 0 Å². The summed E-state index contributed by atoms with van der Waals surface area (Å²) >= 11 is 0. The van der Waals surface area contributed by atoms with Gasteiger partial charge in [-0.3, -0.25) is 14.6 Å². The Hall–Kier alpha value is -3.83. The molecule has 0 aliphatic rings. The number of nitrogens with zero attached hydrogens (tertiary/aromatic N) is 4. The first-order valence-corrected chi connectivity index (χ1v) is 8.89. The van der Waals surface area contributed by atoms with E-state index >= 15 is 0 Å². The molecule has 7 heteroatoms. The Balaban J connectivity index is 1.92. The number of Topliss-reactive ketones (excluding diaryl/α,β-unsaturated/α-hetero) is 1. The summed E-state index contributed by atoms with van der Waals surface area (Å²) < 4.78 is 12.9. The van der Waals surface area contributed by atoms with Crippen molar-refractivity contribution in [2.45, 2.75) is 19.8 Å². The Kier molecular flexibility index (Phi) is 6.12. The van der Waals surface area contributed by atoms with Crippen LogP contribution in [-0.4, -0.2) is 16.7 Å². The van der Waals surface area contributed by atoms with Crippen molar-refractivity contribution in [3.63, 3.8) is 0 Å². The van der Waals surface area contributed by atoms with Crippen molar-refractivity contribution in [3.05, 3.63) is 95.1 Å². The van der Waals surface area contributed by atoms with Gasteiger partial charge in [0.05, 0.1) is 17.2 Å². The number of halogens is 1. The highest BCUT2D eigenvalue weighted by atomic mass is 19.1. The Morgan fingerprint density at radius 2 is 1.83 bits per heavy atom. The quantitative estimate of drug-likeness (QED) is 0.468. The molecule has 6 nitrogen and oxygen atoms in total. The fraction of sp³-hybridized carbons (Fsp3) is 0.136. The minimum atomic E-state index is -0.585. The standard InChI is InChI=1S/C22H18FN4O2/c1-14-6-7-16(21(15(2)28)20-5-3-4-12-24-20)13-19(14)22(29)26-27-25-18-10-8-17(23)9-11-18/h3-13,21H,1-2H3/q+1. The zero-order chi connectivity index (χ0) is 20.8. The van der Waals surface area contributed by atoms with Crippen molar-refractivity contribution < 1.29 is 14.0 Å². The van der Waals surface area contributed by atoms with E-state index in [4.69, 9.17) is 0 Å². The molecule has 1 heterocycles. The maximum Gasteiger partial charge on any atom is 0.360 e. The highest BCUT2D eigenvalue weighted by Crippen LogP contribution is 2.26. The third-order valence-electron chi connectivity index (χ3n) is 4.34. The van der Waals surface area contributed by atoms with Crippen molar-refractivity contribution in [1.82, 2.24) is 9.90 Å². The summed E-state index contributed by atoms with van der Waals surface area (Å²) in [5.74, 6) is -1.64. The molecule has 1 aromatic heterocycles. The number of hydrogen-bond donors (Lipinski definition) is 0. The molecule has 3 aromatic rings. The molecule has 0 radical (unpaired) electrons. The molecule has 0 saturated carbocycles. The highest BCUT2D eigenvalue weighted by molar-refractivity contribution is 5.96. The predicted molar refractivity (Wildman–Crippen MR) is 105 cm³/mol. The van der Waals surface area contributed by atoms with Gasteiger partial charge in [0.25, 0.3) is 0 Å². The minimum Gasteiger partial charge on any atom is -0.299 e. The van der Waals surface area contributed by atoms with Crippen LogP contribution in [0.25, 0.3) is 0 Å². The lowest BCUT2D eigenvalue weighted by Crippen LogP contribution is -2.13. The minimum absolute atomic E-state index is 0.0844. The van der Waals surface area contributed by atoms with Crippen molar-refractivity contribution in [2.75, 3.05) is 0 Å². The van der Waals surface area contributed by atoms with Crippen molar-refractivity contribution >= 4 is 17.4 Å². The molecule has 0 spiro atoms. The summed E-state index contributed by atoms with van der Waals surface area (Å²) in [6.45, 7) is 3.26. The number of pyridine rings is 1. The molecule has 0 fully saturated rings. The summed E-state index contributed by atoms with van der Waals surface area (Å²) in [5.41, 5.74) is 2.65. The van der Waals surface area contributed by atoms with Gasteiger partial charge in [0, 0.05) is 6.20 Å². The maximum atomic E-state index is 12.9. The molecule has 144 valence electrons. The van der Waals surface area contributed by atoms with Crippen molar-refractivity contribution in [2.24, 2.45) is 10.2 Å². The van der Waals surface area contributed by atoms with Gasteiger partial charge in [-0.05, 0) is 67.4 Å². The van der Waals surface area contributed by atoms with Gasteiger partial charge in [0.2, 0.25) is 10.0 Å². The molecule has 0 N–H and O–H groups in total. The first-order valence-electron chi connectivity index (χ1n) is 8.89. The topological polar surface area (TPSA) is 85.9 Å². The average Bonchev–Trinajstić information content (AvgIpc) is 2.71. The lowest BCUT2D eigenvalue weighted by molar-refractivity contribution is -0.117. The van der Waals surface area contributed by atoms with Crippen LogP contribution in [0.15, 0.2) is 77.1 Å². The third kappa shape index (κ3) is 4.91. The van der Waals surface area contributed by atoms with Crippen molar-refractivity contribution in [3.8, 4) is 0 Å². The van der Waals surface area contributed by atoms with E-state index in [2.05, 4.69) is 20.1 Å². The second kappa shape index (κ2) is 8.91. The van der Waals surface area contributed by atoms with E-state index in [1.165, 1.54) is 31.2 Å². The number of hydrogen-bond acceptors (Lipinski definition) is 4. The van der Waals surface area contributed by atoms with E-state index in [1.807, 2.05) is 6.07 Å². The smallest absolute Gasteiger partial charge is 0.299 e. The van der Waals surface area contributed by atoms with Gasteiger partial charge < -0.3 is 0 Å². The molecular weight excluding hydrogens is 371 g/mol. The van der Waals surface area contributed by atoms with Crippen LogP contribution in [-0.2, 0) is 4.79 Å². The van der Waals surface area contributed by atoms with Gasteiger partial charge >= 0.3 is 5.91 Å². The first-order chi connectivity index (χ1) is 14.0. The molecule has 29 heavy (non-hydrogen) atoms. The summed E-state index contributed by atoms with van der Waals surface area (Å²) in [7, 11) is 0. The second-order valence-corrected chi connectivity index (χ2v) is 6.44. The monoisotopic (exact) mass is 389 g/mol. The second-order valence-electron chi connectivity index (χ2n) is 6.44. The number of rotatable bonds is 5. The van der Waals surface area contributed by atoms with Gasteiger partial charge in [-0.1, -0.05) is 18.2 Å². The zero-order valence-corrected chi connectivity index (χ0v) is 15.9. The van der Waals surface area contributed by atoms with Gasteiger partial charge in [-0.2, -0.15) is 0 Å². The van der Waals surface area contributed by atoms with Crippen LogP contribution in [0, 0.1) is 12.7 Å². The normalized spacial score (nSPS) is 11.3. The average molecular weight is 389 g/mol. The number of amides is 1. The van der Waals surface area contributed by atoms with Gasteiger partial charge in [-0.15, -0.1) is 0 Å². The fourth-order valence-corrected chi connectivity index (χ4v) is 2.89. The lowest BCUT2D eigenvalue weighted by Gasteiger charge is -2.15. The molecule has 0 saturated heterocycles. The molecule has 1 unspecified atom stereocenters. The number of aromatic nitrogens is 1. The molecule has 1 atom stereocenters. The Bertz CT molecular complexity index is 1110. The summed E-state index contributed by atoms with van der Waals surface area (Å²) in [5, 5.41) is 7.40. The zero-order valence-electron chi connectivity index (χ0n) is 15.9. The van der Waals surface area contributed by atoms with E-state index in [0.717, 1.165) is 0 Å². The number of ketones is 1. The number of carbonyl (C=O) groups excluding carboxylic acids is 2. The largest absolute Gasteiger partial charge is 0.360 e. The molecule has 0 bridgehead atoms. The number of benzene rings is 2. The predicted octanol–water partition coefficient (Wildman–Crippen LogP) is 4.69. The van der Waals surface area contributed by atoms with E-state index in [1.54, 1.807) is 43.5 Å². The molecule has 0 aliphatic carbocycles. The van der Waals surface area contributed by atoms with Crippen molar-refractivity contribution in [1.29, 1.82) is 0 Å². The van der Waals surface area contributed by atoms with Crippen LogP contribution < -0.4 is 4.91 Å². The molecule has 3 rings (SSSR count). The number of aryl methyl sites for hydroxylation is 1.